The molecule has 0 aliphatic carbocycles. The summed E-state index contributed by atoms with van der Waals surface area (Å²) >= 11 is 0. The number of rotatable bonds is 1. The standard InChI is InChI=1S/C3H8NO2/c1-2-3(4,5)6/h5-6H,1-2,4H2. The maximum absolute atomic E-state index is 8.10. The lowest BCUT2D eigenvalue weighted by Crippen LogP contribution is -2.37. The van der Waals surface area contributed by atoms with Crippen LogP contribution in [-0.4, -0.2) is 16.1 Å². The first-order chi connectivity index (χ1) is 2.56. The van der Waals surface area contributed by atoms with Crippen molar-refractivity contribution >= 4 is 0 Å². The van der Waals surface area contributed by atoms with E-state index in [2.05, 4.69) is 12.7 Å². The zero-order valence-electron chi connectivity index (χ0n) is 3.39. The number of hydrogen-bond acceptors (Lipinski definition) is 3. The average molecular weight is 90.1 g/mol. The van der Waals surface area contributed by atoms with Crippen LogP contribution in [0.15, 0.2) is 0 Å². The third-order valence-corrected chi connectivity index (χ3v) is 0.368. The zero-order valence-corrected chi connectivity index (χ0v) is 3.39. The highest BCUT2D eigenvalue weighted by Gasteiger charge is 2.09. The van der Waals surface area contributed by atoms with E-state index in [4.69, 9.17) is 10.2 Å². The molecule has 0 saturated heterocycles. The summed E-state index contributed by atoms with van der Waals surface area (Å²) < 4.78 is 0. The van der Waals surface area contributed by atoms with Crippen molar-refractivity contribution in [3.63, 3.8) is 0 Å². The van der Waals surface area contributed by atoms with Gasteiger partial charge in [-0.2, -0.15) is 0 Å². The first-order valence-electron chi connectivity index (χ1n) is 1.59. The van der Waals surface area contributed by atoms with Crippen molar-refractivity contribution in [1.29, 1.82) is 0 Å². The Morgan fingerprint density at radius 3 is 1.83 bits per heavy atom. The summed E-state index contributed by atoms with van der Waals surface area (Å²) in [6.07, 6.45) is -0.0903. The Morgan fingerprint density at radius 2 is 1.83 bits per heavy atom. The van der Waals surface area contributed by atoms with Crippen molar-refractivity contribution < 1.29 is 10.2 Å². The van der Waals surface area contributed by atoms with Gasteiger partial charge in [0.25, 0.3) is 0 Å². The predicted octanol–water partition coefficient (Wildman–Crippen LogP) is -1.19. The minimum absolute atomic E-state index is 0.0903. The third kappa shape index (κ3) is 3.88. The SMILES string of the molecule is [CH2]CC(N)(O)O. The molecule has 6 heavy (non-hydrogen) atoms. The fourth-order valence-corrected chi connectivity index (χ4v) is 0. The van der Waals surface area contributed by atoms with E-state index in [0.29, 0.717) is 0 Å². The molecule has 0 aliphatic rings. The average Bonchev–Trinajstić information content (AvgIpc) is 1.35. The highest BCUT2D eigenvalue weighted by atomic mass is 16.5. The van der Waals surface area contributed by atoms with Crippen LogP contribution in [0.1, 0.15) is 6.42 Å². The molecule has 0 unspecified atom stereocenters. The molecule has 0 rings (SSSR count). The van der Waals surface area contributed by atoms with E-state index >= 15 is 0 Å². The van der Waals surface area contributed by atoms with E-state index in [1.807, 2.05) is 0 Å². The van der Waals surface area contributed by atoms with Crippen LogP contribution in [0.5, 0.6) is 0 Å². The van der Waals surface area contributed by atoms with Crippen LogP contribution in [0.2, 0.25) is 0 Å². The summed E-state index contributed by atoms with van der Waals surface area (Å²) in [6.45, 7) is 3.13. The van der Waals surface area contributed by atoms with Crippen molar-refractivity contribution in [3.8, 4) is 0 Å². The lowest BCUT2D eigenvalue weighted by molar-refractivity contribution is -0.152. The zero-order chi connectivity index (χ0) is 5.21. The van der Waals surface area contributed by atoms with E-state index < -0.39 is 5.91 Å². The van der Waals surface area contributed by atoms with Crippen molar-refractivity contribution in [3.05, 3.63) is 6.92 Å². The summed E-state index contributed by atoms with van der Waals surface area (Å²) in [6, 6.07) is 0. The molecule has 0 amide bonds. The molecule has 3 nitrogen and oxygen atoms in total. The first-order valence-corrected chi connectivity index (χ1v) is 1.59. The minimum atomic E-state index is -2.07. The molecule has 37 valence electrons. The molecular weight excluding hydrogens is 82.0 g/mol. The highest BCUT2D eigenvalue weighted by Crippen LogP contribution is 1.89. The maximum atomic E-state index is 8.10. The molecule has 0 bridgehead atoms. The topological polar surface area (TPSA) is 66.5 Å². The van der Waals surface area contributed by atoms with E-state index in [1.165, 1.54) is 0 Å². The summed E-state index contributed by atoms with van der Waals surface area (Å²) in [4.78, 5) is 0. The van der Waals surface area contributed by atoms with Gasteiger partial charge in [-0.15, -0.1) is 0 Å². The largest absolute Gasteiger partial charge is 0.354 e. The second kappa shape index (κ2) is 1.55. The van der Waals surface area contributed by atoms with Gasteiger partial charge < -0.3 is 10.2 Å². The maximum Gasteiger partial charge on any atom is 0.219 e. The van der Waals surface area contributed by atoms with Crippen LogP contribution in [0.4, 0.5) is 0 Å². The predicted molar refractivity (Wildman–Crippen MR) is 21.3 cm³/mol. The van der Waals surface area contributed by atoms with E-state index in [9.17, 15) is 0 Å². The van der Waals surface area contributed by atoms with E-state index in [0.717, 1.165) is 0 Å². The minimum Gasteiger partial charge on any atom is -0.354 e. The normalized spacial score (nSPS) is 12.0. The molecule has 0 aromatic heterocycles. The second-order valence-electron chi connectivity index (χ2n) is 1.13. The van der Waals surface area contributed by atoms with Gasteiger partial charge in [0.15, 0.2) is 0 Å². The Bertz CT molecular complexity index is 38.5. The lowest BCUT2D eigenvalue weighted by atomic mass is 10.4. The molecule has 3 heteroatoms. The Balaban J connectivity index is 3.17. The number of aliphatic hydroxyl groups is 2. The lowest BCUT2D eigenvalue weighted by Gasteiger charge is -2.09. The Labute approximate surface area is 36.4 Å². The molecule has 0 saturated carbocycles. The van der Waals surface area contributed by atoms with Crippen LogP contribution >= 0.6 is 0 Å². The fourth-order valence-electron chi connectivity index (χ4n) is 0. The smallest absolute Gasteiger partial charge is 0.219 e. The van der Waals surface area contributed by atoms with E-state index in [-0.39, 0.29) is 6.42 Å². The van der Waals surface area contributed by atoms with Gasteiger partial charge in [-0.25, -0.2) is 0 Å². The van der Waals surface area contributed by atoms with Crippen LogP contribution < -0.4 is 5.73 Å². The molecule has 1 radical (unpaired) electrons. The van der Waals surface area contributed by atoms with Crippen molar-refractivity contribution in [1.82, 2.24) is 0 Å². The summed E-state index contributed by atoms with van der Waals surface area (Å²) in [5.74, 6) is -2.07. The van der Waals surface area contributed by atoms with Gasteiger partial charge in [-0.1, -0.05) is 0 Å². The summed E-state index contributed by atoms with van der Waals surface area (Å²) in [5, 5.41) is 16.2. The molecule has 4 N–H and O–H groups in total. The molecule has 0 spiro atoms. The van der Waals surface area contributed by atoms with Crippen molar-refractivity contribution in [2.45, 2.75) is 12.3 Å². The van der Waals surface area contributed by atoms with Crippen LogP contribution in [0.3, 0.4) is 0 Å². The molecule has 0 aromatic rings. The Kier molecular flexibility index (Phi) is 1.52. The van der Waals surface area contributed by atoms with Crippen LogP contribution in [0.25, 0.3) is 0 Å². The molecule has 0 heterocycles. The van der Waals surface area contributed by atoms with Crippen molar-refractivity contribution in [2.24, 2.45) is 5.73 Å². The highest BCUT2D eigenvalue weighted by molar-refractivity contribution is 4.52. The summed E-state index contributed by atoms with van der Waals surface area (Å²) in [7, 11) is 0. The third-order valence-electron chi connectivity index (χ3n) is 0.368. The second-order valence-corrected chi connectivity index (χ2v) is 1.13. The Hall–Kier alpha value is -0.120. The van der Waals surface area contributed by atoms with Crippen molar-refractivity contribution in [2.75, 3.05) is 0 Å². The molecular formula is C3H8NO2. The van der Waals surface area contributed by atoms with Gasteiger partial charge in [-0.3, -0.25) is 5.73 Å². The van der Waals surface area contributed by atoms with Gasteiger partial charge in [0.1, 0.15) is 0 Å². The van der Waals surface area contributed by atoms with Gasteiger partial charge in [0.05, 0.1) is 0 Å². The summed E-state index contributed by atoms with van der Waals surface area (Å²) in [5.41, 5.74) is 4.58. The number of hydrogen-bond donors (Lipinski definition) is 3. The molecule has 0 aromatic carbocycles. The number of nitrogens with two attached hydrogens (primary N) is 1. The van der Waals surface area contributed by atoms with Gasteiger partial charge in [0.2, 0.25) is 5.91 Å². The quantitative estimate of drug-likeness (QED) is 0.354. The van der Waals surface area contributed by atoms with Crippen LogP contribution in [0, 0.1) is 6.92 Å². The van der Waals surface area contributed by atoms with Gasteiger partial charge in [0, 0.05) is 6.42 Å². The van der Waals surface area contributed by atoms with Gasteiger partial charge in [-0.05, 0) is 6.92 Å². The molecule has 0 aliphatic heterocycles. The van der Waals surface area contributed by atoms with Gasteiger partial charge >= 0.3 is 0 Å². The molecule has 0 atom stereocenters. The molecule has 0 fully saturated rings. The monoisotopic (exact) mass is 90.1 g/mol. The first kappa shape index (κ1) is 5.88. The fraction of sp³-hybridized carbons (Fsp3) is 0.667. The van der Waals surface area contributed by atoms with Crippen LogP contribution in [-0.2, 0) is 0 Å². The van der Waals surface area contributed by atoms with E-state index in [1.54, 1.807) is 0 Å². The Morgan fingerprint density at radius 1 is 1.67 bits per heavy atom.